The number of thiophene rings is 3. The molecule has 0 bridgehead atoms. The molecule has 0 radical (unpaired) electrons. The molecule has 2 nitrogen and oxygen atoms in total. The van der Waals surface area contributed by atoms with Crippen molar-refractivity contribution in [2.45, 2.75) is 11.2 Å². The molecule has 0 amide bonds. The number of rotatable bonds is 13. The van der Waals surface area contributed by atoms with Crippen LogP contribution in [-0.2, 0) is 11.2 Å². The molecule has 25 aromatic rings. The van der Waals surface area contributed by atoms with Gasteiger partial charge < -0.3 is 10.2 Å². The number of aliphatic hydroxyl groups is 2. The van der Waals surface area contributed by atoms with Crippen LogP contribution in [0.3, 0.4) is 0 Å². The van der Waals surface area contributed by atoms with Gasteiger partial charge in [0.05, 0.1) is 0 Å². The highest BCUT2D eigenvalue weighted by molar-refractivity contribution is 9.12. The molecule has 2 aliphatic rings. The first-order valence-electron chi connectivity index (χ1n) is 47.8. The third-order valence-corrected chi connectivity index (χ3v) is 33.3. The zero-order valence-electron chi connectivity index (χ0n) is 76.5. The van der Waals surface area contributed by atoms with E-state index in [9.17, 15) is 10.2 Å². The molecule has 0 saturated carbocycles. The van der Waals surface area contributed by atoms with Crippen molar-refractivity contribution in [2.75, 3.05) is 0 Å². The van der Waals surface area contributed by atoms with E-state index in [4.69, 9.17) is 0 Å². The molecular weight excluding hydrogens is 1900 g/mol. The molecule has 4 unspecified atom stereocenters. The van der Waals surface area contributed by atoms with Crippen LogP contribution in [0.5, 0.6) is 0 Å². The Balaban J connectivity index is 0.000000114. The second-order valence-corrected chi connectivity index (χ2v) is 41.9. The van der Waals surface area contributed by atoms with E-state index in [0.29, 0.717) is 11.1 Å². The molecule has 141 heavy (non-hydrogen) atoms. The molecule has 3 aromatic heterocycles. The van der Waals surface area contributed by atoms with Gasteiger partial charge in [0, 0.05) is 50.1 Å². The lowest BCUT2D eigenvalue weighted by Crippen LogP contribution is -2.54. The summed E-state index contributed by atoms with van der Waals surface area (Å²) in [6.45, 7) is 0. The lowest BCUT2D eigenvalue weighted by Gasteiger charge is -2.53. The molecule has 7 heteroatoms. The van der Waals surface area contributed by atoms with Crippen LogP contribution in [0.4, 0.5) is 0 Å². The second-order valence-electron chi connectivity index (χ2n) is 36.9. The van der Waals surface area contributed by atoms with Crippen LogP contribution in [-0.4, -0.2) is 10.2 Å². The van der Waals surface area contributed by atoms with E-state index in [1.165, 1.54) is 194 Å². The number of benzene rings is 22. The van der Waals surface area contributed by atoms with Crippen molar-refractivity contribution in [3.8, 4) is 118 Å². The highest BCUT2D eigenvalue weighted by Gasteiger charge is 2.58. The molecule has 0 spiro atoms. The smallest absolute Gasteiger partial charge is 0.122 e. The quantitative estimate of drug-likeness (QED) is 0.113. The molecule has 668 valence electrons. The van der Waals surface area contributed by atoms with Gasteiger partial charge in [-0.1, -0.05) is 438 Å². The minimum atomic E-state index is -1.41. The van der Waals surface area contributed by atoms with Gasteiger partial charge in [-0.05, 0) is 311 Å². The van der Waals surface area contributed by atoms with Gasteiger partial charge in [0.15, 0.2) is 0 Å². The minimum Gasteiger partial charge on any atom is -0.380 e. The van der Waals surface area contributed by atoms with Gasteiger partial charge in [-0.2, -0.15) is 0 Å². The summed E-state index contributed by atoms with van der Waals surface area (Å²) in [4.78, 5) is 7.23. The molecular formula is C134H88Br2O2S3. The van der Waals surface area contributed by atoms with Crippen LogP contribution in [0.1, 0.15) is 22.3 Å². The maximum Gasteiger partial charge on any atom is 0.122 e. The molecule has 0 aliphatic heterocycles. The first kappa shape index (κ1) is 87.2. The van der Waals surface area contributed by atoms with Crippen LogP contribution in [0.15, 0.2) is 519 Å². The minimum absolute atomic E-state index is 0.452. The Bertz CT molecular complexity index is 9300. The Morgan fingerprint density at radius 1 is 0.191 bits per heavy atom. The Hall–Kier alpha value is -15.4. The van der Waals surface area contributed by atoms with Crippen molar-refractivity contribution in [3.05, 3.63) is 541 Å². The Labute approximate surface area is 847 Å². The highest BCUT2D eigenvalue weighted by Crippen LogP contribution is 2.60. The second kappa shape index (κ2) is 36.8. The van der Waals surface area contributed by atoms with Crippen molar-refractivity contribution in [1.29, 1.82) is 0 Å². The zero-order chi connectivity index (χ0) is 94.2. The summed E-state index contributed by atoms with van der Waals surface area (Å²) in [6, 6.07) is 177. The van der Waals surface area contributed by atoms with Crippen molar-refractivity contribution >= 4 is 163 Å². The largest absolute Gasteiger partial charge is 0.380 e. The first-order valence-corrected chi connectivity index (χ1v) is 51.9. The average Bonchev–Trinajstić information content (AvgIpc) is 1.09. The SMILES string of the molecule is Brc1ccc2c(-c3ccc4ccccc4c3)c3ccccc3c(-c3ccc4ccccc4c3)c2c1.OC1(c2cccc(-c3ccc(-c4ccccc4)s3)c2)c2ccccc2C(O)(c2cccc(-c3ccc(-c4ccccc4)s3)c2)C2C=C(Br)C=CC21.c1cc(-c2ccc3c(-c4ccc5ccccc5c4)c4ccccc4c(-c4ccc5ccccc5c4)c3c2)cc(-c2ccc(-c3ccc4ccccc4c3)s2)c1. The number of hydrogen-bond acceptors (Lipinski definition) is 5. The standard InChI is InChI=1S/C54H34S.C46H33BrO2S2.C34H21Br/c1-4-13-38-30-44(23-20-35(38)10-1)52-29-28-51(55-52)43-17-9-16-41(31-43)42-26-27-49-50(34-42)54(46-25-22-37-12-3-6-15-40(37)33-46)48-19-8-7-18-47(48)53(49)45-24-21-36-11-2-5-14-39(36)32-45;47-36-21-22-39-40(29-36)46(49,35-18-10-16-33(28-35)44-26-24-42(51-44)31-13-5-2-6-14-31)38-20-8-7-19-37(38)45(39,48)34-17-9-15-32(27-34)43-25-23-41(50-43)30-11-3-1-4-12-30;35-28-17-18-31-32(21-28)34(27-16-14-23-8-2-4-10-25(23)20-27)30-12-6-5-11-29(30)33(31)26-15-13-22-7-1-3-9-24(22)19-26/h1-34H;1-29,39-40,48-49H;1-21H. The molecule has 27 rings (SSSR count). The molecule has 0 fully saturated rings. The van der Waals surface area contributed by atoms with E-state index in [-0.39, 0.29) is 0 Å². The molecule has 2 aliphatic carbocycles. The molecule has 22 aromatic carbocycles. The predicted molar refractivity (Wildman–Crippen MR) is 610 cm³/mol. The molecule has 3 heterocycles. The van der Waals surface area contributed by atoms with Gasteiger partial charge in [-0.25, -0.2) is 0 Å². The Morgan fingerprint density at radius 3 is 0.879 bits per heavy atom. The van der Waals surface area contributed by atoms with Crippen LogP contribution < -0.4 is 0 Å². The fourth-order valence-electron chi connectivity index (χ4n) is 21.9. The van der Waals surface area contributed by atoms with Gasteiger partial charge in [0.2, 0.25) is 0 Å². The zero-order valence-corrected chi connectivity index (χ0v) is 82.1. The fraction of sp³-hybridized carbons (Fsp3) is 0.0299. The Kier molecular flexibility index (Phi) is 22.7. The van der Waals surface area contributed by atoms with Crippen molar-refractivity contribution in [1.82, 2.24) is 0 Å². The Morgan fingerprint density at radius 2 is 0.468 bits per heavy atom. The number of halogens is 2. The lowest BCUT2D eigenvalue weighted by atomic mass is 9.55. The van der Waals surface area contributed by atoms with Crippen molar-refractivity contribution < 1.29 is 10.2 Å². The van der Waals surface area contributed by atoms with E-state index in [1.807, 2.05) is 78.1 Å². The molecule has 0 saturated heterocycles. The maximum absolute atomic E-state index is 13.3. The third-order valence-electron chi connectivity index (χ3n) is 28.7. The van der Waals surface area contributed by atoms with Crippen LogP contribution in [0.2, 0.25) is 0 Å². The summed E-state index contributed by atoms with van der Waals surface area (Å²) in [5, 5.41) is 49.3. The van der Waals surface area contributed by atoms with E-state index >= 15 is 0 Å². The summed E-state index contributed by atoms with van der Waals surface area (Å²) in [6.07, 6.45) is 6.14. The fourth-order valence-corrected chi connectivity index (χ4v) is 25.7. The van der Waals surface area contributed by atoms with Crippen molar-refractivity contribution in [3.63, 3.8) is 0 Å². The van der Waals surface area contributed by atoms with E-state index < -0.39 is 23.0 Å². The molecule has 2 N–H and O–H groups in total. The topological polar surface area (TPSA) is 40.5 Å². The number of hydrogen-bond donors (Lipinski definition) is 2. The average molecular weight is 1990 g/mol. The van der Waals surface area contributed by atoms with E-state index in [2.05, 4.69) is 475 Å². The summed E-state index contributed by atoms with van der Waals surface area (Å²) in [5.41, 5.74) is 19.7. The van der Waals surface area contributed by atoms with Gasteiger partial charge >= 0.3 is 0 Å². The number of fused-ring (bicyclic) bond motifs is 11. The van der Waals surface area contributed by atoms with Crippen LogP contribution >= 0.6 is 65.9 Å². The first-order chi connectivity index (χ1) is 69.4. The monoisotopic (exact) mass is 1980 g/mol. The normalized spacial score (nSPS) is 15.4. The third kappa shape index (κ3) is 16.1. The lowest BCUT2D eigenvalue weighted by molar-refractivity contribution is -0.0716. The summed E-state index contributed by atoms with van der Waals surface area (Å²) < 4.78 is 1.97. The number of allylic oxidation sites excluding steroid dienone is 2. The van der Waals surface area contributed by atoms with Gasteiger partial charge in [-0.15, -0.1) is 34.0 Å². The maximum atomic E-state index is 13.3. The van der Waals surface area contributed by atoms with Crippen LogP contribution in [0, 0.1) is 11.8 Å². The summed E-state index contributed by atoms with van der Waals surface area (Å²) in [7, 11) is 0. The van der Waals surface area contributed by atoms with Crippen molar-refractivity contribution in [2.24, 2.45) is 11.8 Å². The summed E-state index contributed by atoms with van der Waals surface area (Å²) in [5.74, 6) is -0.919. The van der Waals surface area contributed by atoms with Gasteiger partial charge in [-0.3, -0.25) is 0 Å². The van der Waals surface area contributed by atoms with Gasteiger partial charge in [0.1, 0.15) is 11.2 Å². The molecule has 4 atom stereocenters. The predicted octanol–water partition coefficient (Wildman–Crippen LogP) is 38.3. The van der Waals surface area contributed by atoms with Gasteiger partial charge in [0.25, 0.3) is 0 Å². The van der Waals surface area contributed by atoms with E-state index in [1.54, 1.807) is 22.7 Å². The highest BCUT2D eigenvalue weighted by atomic mass is 79.9. The van der Waals surface area contributed by atoms with E-state index in [0.717, 1.165) is 41.0 Å². The van der Waals surface area contributed by atoms with Crippen LogP contribution in [0.25, 0.3) is 215 Å². The summed E-state index contributed by atoms with van der Waals surface area (Å²) >= 11 is 12.8.